The predicted octanol–water partition coefficient (Wildman–Crippen LogP) is 6.52. The zero-order valence-electron chi connectivity index (χ0n) is 23.0. The van der Waals surface area contributed by atoms with E-state index in [-0.39, 0.29) is 12.2 Å². The number of halogens is 2. The summed E-state index contributed by atoms with van der Waals surface area (Å²) in [5.74, 6) is 0.210. The number of thiazole rings is 1. The molecule has 0 radical (unpaired) electrons. The standard InChI is InChI=1S/C32H28Br2N2O4S/c1-5-39-31(38)27-20(4)35-32-36(28(27)23-11-9-18(2)10-12-23)30(37)26(41-32)16-22-14-24(33)29(25(34)15-22)40-17-21-8-6-7-19(3)13-21/h6-16,28H,5,17H2,1-4H3/b26-16+/t28-/m0/s1. The number of aromatic nitrogens is 1. The third kappa shape index (κ3) is 6.17. The fraction of sp³-hybridized carbons (Fsp3) is 0.219. The molecule has 0 saturated carbocycles. The van der Waals surface area contributed by atoms with Gasteiger partial charge in [-0.25, -0.2) is 9.79 Å². The Hall–Kier alpha value is -3.27. The van der Waals surface area contributed by atoms with E-state index in [1.165, 1.54) is 16.9 Å². The number of benzene rings is 3. The summed E-state index contributed by atoms with van der Waals surface area (Å²) in [6.45, 7) is 8.26. The van der Waals surface area contributed by atoms with E-state index in [0.717, 1.165) is 31.2 Å². The first kappa shape index (κ1) is 29.2. The van der Waals surface area contributed by atoms with E-state index < -0.39 is 12.0 Å². The molecule has 5 rings (SSSR count). The van der Waals surface area contributed by atoms with Crippen LogP contribution in [-0.4, -0.2) is 17.1 Å². The van der Waals surface area contributed by atoms with Gasteiger partial charge >= 0.3 is 5.97 Å². The highest BCUT2D eigenvalue weighted by Gasteiger charge is 2.33. The lowest BCUT2D eigenvalue weighted by Gasteiger charge is -2.24. The highest BCUT2D eigenvalue weighted by molar-refractivity contribution is 9.11. The molecular formula is C32H28Br2N2O4S. The van der Waals surface area contributed by atoms with Crippen LogP contribution in [-0.2, 0) is 16.1 Å². The smallest absolute Gasteiger partial charge is 0.338 e. The quantitative estimate of drug-likeness (QED) is 0.207. The number of hydrogen-bond acceptors (Lipinski definition) is 6. The van der Waals surface area contributed by atoms with Gasteiger partial charge < -0.3 is 9.47 Å². The molecule has 1 aliphatic rings. The monoisotopic (exact) mass is 694 g/mol. The molecule has 0 N–H and O–H groups in total. The van der Waals surface area contributed by atoms with Gasteiger partial charge in [0.05, 0.1) is 37.4 Å². The van der Waals surface area contributed by atoms with Crippen LogP contribution in [0.15, 0.2) is 90.7 Å². The van der Waals surface area contributed by atoms with Crippen LogP contribution >= 0.6 is 43.2 Å². The van der Waals surface area contributed by atoms with Gasteiger partial charge in [-0.3, -0.25) is 9.36 Å². The third-order valence-electron chi connectivity index (χ3n) is 6.69. The van der Waals surface area contributed by atoms with Gasteiger partial charge in [0, 0.05) is 0 Å². The maximum absolute atomic E-state index is 13.9. The van der Waals surface area contributed by atoms with Crippen molar-refractivity contribution in [1.82, 2.24) is 4.57 Å². The first-order valence-electron chi connectivity index (χ1n) is 13.1. The molecule has 6 nitrogen and oxygen atoms in total. The van der Waals surface area contributed by atoms with E-state index in [9.17, 15) is 9.59 Å². The molecule has 0 unspecified atom stereocenters. The van der Waals surface area contributed by atoms with Crippen LogP contribution in [0.4, 0.5) is 0 Å². The topological polar surface area (TPSA) is 69.9 Å². The molecule has 0 amide bonds. The summed E-state index contributed by atoms with van der Waals surface area (Å²) in [5, 5.41) is 0. The summed E-state index contributed by atoms with van der Waals surface area (Å²) in [7, 11) is 0. The molecule has 1 atom stereocenters. The van der Waals surface area contributed by atoms with Crippen molar-refractivity contribution in [1.29, 1.82) is 0 Å². The minimum Gasteiger partial charge on any atom is -0.487 e. The number of allylic oxidation sites excluding steroid dienone is 1. The lowest BCUT2D eigenvalue weighted by molar-refractivity contribution is -0.139. The zero-order chi connectivity index (χ0) is 29.3. The number of carbonyl (C=O) groups is 1. The van der Waals surface area contributed by atoms with Gasteiger partial charge in [-0.2, -0.15) is 0 Å². The van der Waals surface area contributed by atoms with Crippen LogP contribution in [0.25, 0.3) is 6.08 Å². The van der Waals surface area contributed by atoms with Crippen molar-refractivity contribution in [2.45, 2.75) is 40.3 Å². The average molecular weight is 696 g/mol. The van der Waals surface area contributed by atoms with Crippen molar-refractivity contribution < 1.29 is 14.3 Å². The van der Waals surface area contributed by atoms with E-state index in [1.807, 2.05) is 61.5 Å². The molecule has 3 aromatic carbocycles. The molecule has 0 saturated heterocycles. The highest BCUT2D eigenvalue weighted by Crippen LogP contribution is 2.36. The third-order valence-corrected chi connectivity index (χ3v) is 8.86. The second kappa shape index (κ2) is 12.3. The first-order chi connectivity index (χ1) is 19.7. The Balaban J connectivity index is 1.55. The van der Waals surface area contributed by atoms with E-state index in [4.69, 9.17) is 9.47 Å². The number of ether oxygens (including phenoxy) is 2. The number of nitrogens with zero attached hydrogens (tertiary/aromatic N) is 2. The van der Waals surface area contributed by atoms with Crippen LogP contribution in [0.3, 0.4) is 0 Å². The predicted molar refractivity (Wildman–Crippen MR) is 169 cm³/mol. The molecule has 41 heavy (non-hydrogen) atoms. The SMILES string of the molecule is CCOC(=O)C1=C(C)N=c2s/c(=C/c3cc(Br)c(OCc4cccc(C)c4)c(Br)c3)c(=O)n2[C@H]1c1ccc(C)cc1. The Bertz CT molecular complexity index is 1830. The Morgan fingerprint density at radius 3 is 2.39 bits per heavy atom. The first-order valence-corrected chi connectivity index (χ1v) is 15.5. The zero-order valence-corrected chi connectivity index (χ0v) is 27.0. The average Bonchev–Trinajstić information content (AvgIpc) is 3.22. The van der Waals surface area contributed by atoms with Gasteiger partial charge in [0.2, 0.25) is 0 Å². The fourth-order valence-electron chi connectivity index (χ4n) is 4.77. The summed E-state index contributed by atoms with van der Waals surface area (Å²) in [6, 6.07) is 19.2. The van der Waals surface area contributed by atoms with Crippen LogP contribution < -0.4 is 19.6 Å². The maximum Gasteiger partial charge on any atom is 0.338 e. The second-order valence-corrected chi connectivity index (χ2v) is 12.5. The van der Waals surface area contributed by atoms with Crippen LogP contribution in [0.5, 0.6) is 5.75 Å². The maximum atomic E-state index is 13.9. The van der Waals surface area contributed by atoms with E-state index >= 15 is 0 Å². The molecule has 0 aliphatic carbocycles. The summed E-state index contributed by atoms with van der Waals surface area (Å²) in [6.07, 6.45) is 1.83. The summed E-state index contributed by atoms with van der Waals surface area (Å²) in [4.78, 5) is 32.1. The molecule has 4 aromatic rings. The number of esters is 1. The fourth-order valence-corrected chi connectivity index (χ4v) is 7.26. The number of aryl methyl sites for hydroxylation is 2. The van der Waals surface area contributed by atoms with Crippen molar-refractivity contribution in [3.05, 3.63) is 128 Å². The van der Waals surface area contributed by atoms with Gasteiger partial charge in [0.15, 0.2) is 4.80 Å². The lowest BCUT2D eigenvalue weighted by atomic mass is 9.95. The van der Waals surface area contributed by atoms with Crippen LogP contribution in [0.1, 0.15) is 47.7 Å². The van der Waals surface area contributed by atoms with Gasteiger partial charge in [-0.15, -0.1) is 0 Å². The molecule has 0 spiro atoms. The molecule has 9 heteroatoms. The van der Waals surface area contributed by atoms with Crippen LogP contribution in [0, 0.1) is 13.8 Å². The van der Waals surface area contributed by atoms with E-state index in [0.29, 0.717) is 33.0 Å². The summed E-state index contributed by atoms with van der Waals surface area (Å²) in [5.41, 5.74) is 5.66. The molecular weight excluding hydrogens is 668 g/mol. The highest BCUT2D eigenvalue weighted by atomic mass is 79.9. The summed E-state index contributed by atoms with van der Waals surface area (Å²) < 4.78 is 15.1. The van der Waals surface area contributed by atoms with Crippen molar-refractivity contribution >= 4 is 55.2 Å². The van der Waals surface area contributed by atoms with Crippen molar-refractivity contribution in [3.63, 3.8) is 0 Å². The Morgan fingerprint density at radius 1 is 1.02 bits per heavy atom. The largest absolute Gasteiger partial charge is 0.487 e. The van der Waals surface area contributed by atoms with Gasteiger partial charge in [-0.05, 0) is 94.5 Å². The molecule has 0 fully saturated rings. The van der Waals surface area contributed by atoms with E-state index in [1.54, 1.807) is 18.4 Å². The van der Waals surface area contributed by atoms with Gasteiger partial charge in [-0.1, -0.05) is 71.0 Å². The number of carbonyl (C=O) groups excluding carboxylic acids is 1. The summed E-state index contributed by atoms with van der Waals surface area (Å²) >= 11 is 8.57. The molecule has 1 aliphatic heterocycles. The van der Waals surface area contributed by atoms with Crippen molar-refractivity contribution in [3.8, 4) is 5.75 Å². The Labute approximate surface area is 258 Å². The molecule has 1 aromatic heterocycles. The van der Waals surface area contributed by atoms with Crippen molar-refractivity contribution in [2.24, 2.45) is 4.99 Å². The van der Waals surface area contributed by atoms with E-state index in [2.05, 4.69) is 55.9 Å². The minimum absolute atomic E-state index is 0.222. The minimum atomic E-state index is -0.635. The Kier molecular flexibility index (Phi) is 8.77. The van der Waals surface area contributed by atoms with Crippen LogP contribution in [0.2, 0.25) is 0 Å². The second-order valence-electron chi connectivity index (χ2n) is 9.80. The number of rotatable bonds is 7. The van der Waals surface area contributed by atoms with Gasteiger partial charge in [0.25, 0.3) is 5.56 Å². The lowest BCUT2D eigenvalue weighted by Crippen LogP contribution is -2.39. The number of hydrogen-bond donors (Lipinski definition) is 0. The molecule has 0 bridgehead atoms. The molecule has 210 valence electrons. The Morgan fingerprint density at radius 2 is 1.73 bits per heavy atom. The normalized spacial score (nSPS) is 15.0. The number of fused-ring (bicyclic) bond motifs is 1. The van der Waals surface area contributed by atoms with Crippen molar-refractivity contribution in [2.75, 3.05) is 6.61 Å². The molecule has 2 heterocycles. The van der Waals surface area contributed by atoms with Gasteiger partial charge in [0.1, 0.15) is 12.4 Å².